The van der Waals surface area contributed by atoms with Crippen LogP contribution in [0, 0.1) is 0 Å². The molecule has 2 aromatic rings. The number of hydrogen-bond acceptors (Lipinski definition) is 2. The summed E-state index contributed by atoms with van der Waals surface area (Å²) in [5, 5.41) is 3.81. The van der Waals surface area contributed by atoms with Crippen LogP contribution in [0.25, 0.3) is 0 Å². The third-order valence-electron chi connectivity index (χ3n) is 3.94. The van der Waals surface area contributed by atoms with Crippen molar-refractivity contribution >= 4 is 34.8 Å². The van der Waals surface area contributed by atoms with E-state index in [0.717, 1.165) is 16.2 Å². The number of carbonyl (C=O) groups is 1. The van der Waals surface area contributed by atoms with Gasteiger partial charge in [-0.15, -0.1) is 0 Å². The molecular formula is C18H21Cl2N2O2+. The number of amides is 1. The normalized spacial score (nSPS) is 13.2. The molecule has 0 aromatic heterocycles. The highest BCUT2D eigenvalue weighted by molar-refractivity contribution is 6.36. The fraction of sp³-hybridized carbons (Fsp3) is 0.278. The second-order valence-electron chi connectivity index (χ2n) is 5.71. The summed E-state index contributed by atoms with van der Waals surface area (Å²) in [6.07, 6.45) is 0. The van der Waals surface area contributed by atoms with Gasteiger partial charge in [-0.3, -0.25) is 4.79 Å². The first-order chi connectivity index (χ1) is 11.4. The van der Waals surface area contributed by atoms with Crippen molar-refractivity contribution in [2.45, 2.75) is 19.5 Å². The molecule has 0 bridgehead atoms. The number of carbonyl (C=O) groups excluding carboxylic acids is 1. The van der Waals surface area contributed by atoms with Gasteiger partial charge in [0.05, 0.1) is 24.9 Å². The second-order valence-corrected chi connectivity index (χ2v) is 6.55. The molecule has 0 spiro atoms. The molecule has 2 rings (SSSR count). The largest absolute Gasteiger partial charge is 0.497 e. The summed E-state index contributed by atoms with van der Waals surface area (Å²) < 4.78 is 5.23. The highest BCUT2D eigenvalue weighted by atomic mass is 35.5. The van der Waals surface area contributed by atoms with Gasteiger partial charge >= 0.3 is 0 Å². The van der Waals surface area contributed by atoms with Gasteiger partial charge in [-0.25, -0.2) is 0 Å². The third kappa shape index (κ3) is 4.87. The molecule has 0 aliphatic heterocycles. The highest BCUT2D eigenvalue weighted by Gasteiger charge is 2.22. The number of rotatable bonds is 6. The SMILES string of the molecule is COc1cccc(C[NH+](C)[C@@H](C)C(=O)Nc2ccc(Cl)cc2Cl)c1. The zero-order chi connectivity index (χ0) is 17.7. The van der Waals surface area contributed by atoms with Crippen LogP contribution >= 0.6 is 23.2 Å². The van der Waals surface area contributed by atoms with Crippen LogP contribution in [0.2, 0.25) is 10.0 Å². The first kappa shape index (κ1) is 18.6. The van der Waals surface area contributed by atoms with Gasteiger partial charge in [0.25, 0.3) is 5.91 Å². The monoisotopic (exact) mass is 367 g/mol. The maximum absolute atomic E-state index is 12.5. The summed E-state index contributed by atoms with van der Waals surface area (Å²) in [5.41, 5.74) is 1.67. The van der Waals surface area contributed by atoms with Crippen LogP contribution in [0.3, 0.4) is 0 Å². The maximum atomic E-state index is 12.5. The molecule has 6 heteroatoms. The van der Waals surface area contributed by atoms with Gasteiger partial charge in [-0.05, 0) is 37.3 Å². The van der Waals surface area contributed by atoms with Crippen LogP contribution < -0.4 is 15.0 Å². The molecule has 2 aromatic carbocycles. The van der Waals surface area contributed by atoms with Gasteiger partial charge in [0, 0.05) is 10.6 Å². The molecule has 1 unspecified atom stereocenters. The van der Waals surface area contributed by atoms with E-state index < -0.39 is 0 Å². The molecule has 4 nitrogen and oxygen atoms in total. The molecule has 0 heterocycles. The summed E-state index contributed by atoms with van der Waals surface area (Å²) in [4.78, 5) is 13.5. The van der Waals surface area contributed by atoms with Crippen molar-refractivity contribution in [3.8, 4) is 5.75 Å². The van der Waals surface area contributed by atoms with Crippen LogP contribution in [-0.2, 0) is 11.3 Å². The quantitative estimate of drug-likeness (QED) is 0.823. The predicted molar refractivity (Wildman–Crippen MR) is 98.1 cm³/mol. The fourth-order valence-electron chi connectivity index (χ4n) is 2.31. The van der Waals surface area contributed by atoms with Crippen molar-refractivity contribution in [2.24, 2.45) is 0 Å². The summed E-state index contributed by atoms with van der Waals surface area (Å²) in [7, 11) is 3.62. The van der Waals surface area contributed by atoms with Crippen LogP contribution in [0.5, 0.6) is 5.75 Å². The molecule has 0 fully saturated rings. The average Bonchev–Trinajstić information content (AvgIpc) is 2.56. The number of benzene rings is 2. The number of halogens is 2. The lowest BCUT2D eigenvalue weighted by Gasteiger charge is -2.21. The number of nitrogens with one attached hydrogen (secondary N) is 2. The topological polar surface area (TPSA) is 42.8 Å². The van der Waals surface area contributed by atoms with Crippen molar-refractivity contribution < 1.29 is 14.4 Å². The lowest BCUT2D eigenvalue weighted by Crippen LogP contribution is -3.12. The summed E-state index contributed by atoms with van der Waals surface area (Å²) >= 11 is 12.0. The van der Waals surface area contributed by atoms with Gasteiger partial charge in [0.2, 0.25) is 0 Å². The van der Waals surface area contributed by atoms with Crippen LogP contribution in [0.4, 0.5) is 5.69 Å². The van der Waals surface area contributed by atoms with E-state index in [1.807, 2.05) is 38.2 Å². The molecule has 128 valence electrons. The lowest BCUT2D eigenvalue weighted by molar-refractivity contribution is -0.907. The fourth-order valence-corrected chi connectivity index (χ4v) is 2.77. The number of hydrogen-bond donors (Lipinski definition) is 2. The Morgan fingerprint density at radius 3 is 2.67 bits per heavy atom. The van der Waals surface area contributed by atoms with E-state index in [2.05, 4.69) is 5.32 Å². The summed E-state index contributed by atoms with van der Waals surface area (Å²) in [5.74, 6) is 0.713. The van der Waals surface area contributed by atoms with E-state index in [9.17, 15) is 4.79 Å². The maximum Gasteiger partial charge on any atom is 0.282 e. The minimum absolute atomic E-state index is 0.0976. The molecule has 2 N–H and O–H groups in total. The standard InChI is InChI=1S/C18H20Cl2N2O2/c1-12(18(23)21-17-8-7-14(19)10-16(17)20)22(2)11-13-5-4-6-15(9-13)24-3/h4-10,12H,11H2,1-3H3,(H,21,23)/p+1/t12-/m0/s1. The van der Waals surface area contributed by atoms with Crippen molar-refractivity contribution in [3.63, 3.8) is 0 Å². The van der Waals surface area contributed by atoms with Crippen molar-refractivity contribution in [3.05, 3.63) is 58.1 Å². The smallest absolute Gasteiger partial charge is 0.282 e. The summed E-state index contributed by atoms with van der Waals surface area (Å²) in [6.45, 7) is 2.59. The van der Waals surface area contributed by atoms with Crippen molar-refractivity contribution in [2.75, 3.05) is 19.5 Å². The second kappa shape index (κ2) is 8.38. The Morgan fingerprint density at radius 2 is 2.00 bits per heavy atom. The third-order valence-corrected chi connectivity index (χ3v) is 4.49. The lowest BCUT2D eigenvalue weighted by atomic mass is 10.1. The van der Waals surface area contributed by atoms with Gasteiger partial charge in [0.1, 0.15) is 12.3 Å². The van der Waals surface area contributed by atoms with E-state index in [0.29, 0.717) is 22.3 Å². The molecular weight excluding hydrogens is 347 g/mol. The number of anilines is 1. The number of methoxy groups -OCH3 is 1. The molecule has 0 aliphatic carbocycles. The Hall–Kier alpha value is -1.75. The van der Waals surface area contributed by atoms with E-state index in [1.54, 1.807) is 25.3 Å². The molecule has 24 heavy (non-hydrogen) atoms. The number of quaternary nitrogens is 1. The van der Waals surface area contributed by atoms with E-state index in [1.165, 1.54) is 0 Å². The Morgan fingerprint density at radius 1 is 1.25 bits per heavy atom. The number of ether oxygens (including phenoxy) is 1. The highest BCUT2D eigenvalue weighted by Crippen LogP contribution is 2.25. The van der Waals surface area contributed by atoms with Gasteiger partial charge in [-0.1, -0.05) is 35.3 Å². The van der Waals surface area contributed by atoms with Gasteiger partial charge in [-0.2, -0.15) is 0 Å². The Bertz CT molecular complexity index is 722. The average molecular weight is 368 g/mol. The predicted octanol–water partition coefficient (Wildman–Crippen LogP) is 3.04. The first-order valence-electron chi connectivity index (χ1n) is 7.62. The van der Waals surface area contributed by atoms with Gasteiger partial charge in [0.15, 0.2) is 6.04 Å². The van der Waals surface area contributed by atoms with Crippen molar-refractivity contribution in [1.29, 1.82) is 0 Å². The van der Waals surface area contributed by atoms with Crippen LogP contribution in [-0.4, -0.2) is 26.1 Å². The zero-order valence-corrected chi connectivity index (χ0v) is 15.4. The molecule has 0 aliphatic rings. The first-order valence-corrected chi connectivity index (χ1v) is 8.37. The van der Waals surface area contributed by atoms with E-state index >= 15 is 0 Å². The van der Waals surface area contributed by atoms with E-state index in [4.69, 9.17) is 27.9 Å². The number of likely N-dealkylation sites (N-methyl/N-ethyl adjacent to an activating group) is 1. The molecule has 0 saturated heterocycles. The minimum Gasteiger partial charge on any atom is -0.497 e. The molecule has 0 saturated carbocycles. The Labute approximate surface area is 152 Å². The van der Waals surface area contributed by atoms with Crippen LogP contribution in [0.1, 0.15) is 12.5 Å². The Kier molecular flexibility index (Phi) is 6.49. The molecule has 1 amide bonds. The Balaban J connectivity index is 2.01. The van der Waals surface area contributed by atoms with E-state index in [-0.39, 0.29) is 11.9 Å². The molecule has 2 atom stereocenters. The zero-order valence-electron chi connectivity index (χ0n) is 13.9. The van der Waals surface area contributed by atoms with Gasteiger partial charge < -0.3 is 15.0 Å². The summed E-state index contributed by atoms with van der Waals surface area (Å²) in [6, 6.07) is 12.6. The molecule has 0 radical (unpaired) electrons. The van der Waals surface area contributed by atoms with Crippen LogP contribution in [0.15, 0.2) is 42.5 Å². The van der Waals surface area contributed by atoms with Crippen molar-refractivity contribution in [1.82, 2.24) is 0 Å². The minimum atomic E-state index is -0.247.